The first-order chi connectivity index (χ1) is 14.2. The summed E-state index contributed by atoms with van der Waals surface area (Å²) < 4.78 is 4.80. The molecule has 29 heavy (non-hydrogen) atoms. The molecule has 3 aromatic rings. The van der Waals surface area contributed by atoms with Crippen molar-refractivity contribution in [2.24, 2.45) is 11.7 Å². The molecule has 0 atom stereocenters. The molecule has 1 aliphatic rings. The predicted octanol–water partition coefficient (Wildman–Crippen LogP) is 4.71. The topological polar surface area (TPSA) is 70.9 Å². The Morgan fingerprint density at radius 3 is 2.62 bits per heavy atom. The van der Waals surface area contributed by atoms with Crippen LogP contribution in [0.2, 0.25) is 0 Å². The molecule has 0 amide bonds. The molecule has 1 fully saturated rings. The quantitative estimate of drug-likeness (QED) is 0.460. The highest BCUT2D eigenvalue weighted by Gasteiger charge is 2.21. The SMILES string of the molecule is Cc1ccc(SN2CCC(Cn3ccc4nc(/C(C=N)=C/N)ccc43)CC2)cc1. The van der Waals surface area contributed by atoms with Gasteiger partial charge >= 0.3 is 0 Å². The van der Waals surface area contributed by atoms with Gasteiger partial charge in [0.15, 0.2) is 0 Å². The number of allylic oxidation sites excluding steroid dienone is 1. The van der Waals surface area contributed by atoms with E-state index in [1.165, 1.54) is 35.7 Å². The van der Waals surface area contributed by atoms with Crippen LogP contribution in [0, 0.1) is 18.3 Å². The first kappa shape index (κ1) is 19.7. The minimum absolute atomic E-state index is 0.637. The largest absolute Gasteiger partial charge is 0.404 e. The Kier molecular flexibility index (Phi) is 6.02. The van der Waals surface area contributed by atoms with Gasteiger partial charge in [0.05, 0.1) is 16.7 Å². The highest BCUT2D eigenvalue weighted by atomic mass is 32.2. The molecule has 6 heteroatoms. The molecule has 0 radical (unpaired) electrons. The lowest BCUT2D eigenvalue weighted by Gasteiger charge is -2.31. The molecular formula is C23H27N5S. The molecule has 5 nitrogen and oxygen atoms in total. The van der Waals surface area contributed by atoms with Gasteiger partial charge in [0.25, 0.3) is 0 Å². The van der Waals surface area contributed by atoms with Crippen LogP contribution in [0.3, 0.4) is 0 Å². The summed E-state index contributed by atoms with van der Waals surface area (Å²) in [5.41, 5.74) is 10.4. The van der Waals surface area contributed by atoms with Crippen LogP contribution in [-0.4, -0.2) is 33.2 Å². The molecule has 0 aliphatic carbocycles. The number of piperidine rings is 1. The highest BCUT2D eigenvalue weighted by molar-refractivity contribution is 7.97. The number of aryl methyl sites for hydroxylation is 1. The summed E-state index contributed by atoms with van der Waals surface area (Å²) in [4.78, 5) is 5.99. The third kappa shape index (κ3) is 4.54. The zero-order valence-corrected chi connectivity index (χ0v) is 17.5. The van der Waals surface area contributed by atoms with Gasteiger partial charge in [-0.1, -0.05) is 17.7 Å². The lowest BCUT2D eigenvalue weighted by molar-refractivity contribution is 0.269. The Bertz CT molecular complexity index is 1010. The lowest BCUT2D eigenvalue weighted by Crippen LogP contribution is -2.30. The van der Waals surface area contributed by atoms with E-state index >= 15 is 0 Å². The predicted molar refractivity (Wildman–Crippen MR) is 122 cm³/mol. The second-order valence-electron chi connectivity index (χ2n) is 7.61. The normalized spacial score (nSPS) is 16.4. The van der Waals surface area contributed by atoms with Crippen molar-refractivity contribution < 1.29 is 0 Å². The van der Waals surface area contributed by atoms with Crippen molar-refractivity contribution in [3.8, 4) is 0 Å². The third-order valence-corrected chi connectivity index (χ3v) is 6.65. The monoisotopic (exact) mass is 405 g/mol. The van der Waals surface area contributed by atoms with E-state index in [9.17, 15) is 0 Å². The van der Waals surface area contributed by atoms with Crippen molar-refractivity contribution in [2.75, 3.05) is 13.1 Å². The number of pyridine rings is 1. The van der Waals surface area contributed by atoms with Crippen LogP contribution >= 0.6 is 11.9 Å². The van der Waals surface area contributed by atoms with Gasteiger partial charge in [-0.15, -0.1) is 0 Å². The number of rotatable bonds is 6. The standard InChI is InChI=1S/C23H27N5S/c1-17-2-4-20(5-3-17)29-28-12-8-18(9-13-28)16-27-11-10-22-23(27)7-6-21(26-22)19(14-24)15-25/h2-7,10-11,14-15,18,24H,8-9,12-13,16,25H2,1H3/b19-15+,24-14?. The number of aromatic nitrogens is 2. The van der Waals surface area contributed by atoms with E-state index in [0.29, 0.717) is 11.5 Å². The van der Waals surface area contributed by atoms with Gasteiger partial charge in [-0.2, -0.15) is 0 Å². The van der Waals surface area contributed by atoms with Crippen molar-refractivity contribution in [1.29, 1.82) is 5.41 Å². The first-order valence-electron chi connectivity index (χ1n) is 10.0. The van der Waals surface area contributed by atoms with Crippen LogP contribution in [0.4, 0.5) is 0 Å². The Morgan fingerprint density at radius 2 is 1.93 bits per heavy atom. The van der Waals surface area contributed by atoms with E-state index in [-0.39, 0.29) is 0 Å². The molecule has 3 heterocycles. The maximum absolute atomic E-state index is 7.45. The number of nitrogens with one attached hydrogen (secondary N) is 1. The number of nitrogens with zero attached hydrogens (tertiary/aromatic N) is 3. The summed E-state index contributed by atoms with van der Waals surface area (Å²) in [5.74, 6) is 0.682. The molecule has 150 valence electrons. The van der Waals surface area contributed by atoms with Crippen molar-refractivity contribution in [2.45, 2.75) is 31.2 Å². The number of fused-ring (bicyclic) bond motifs is 1. The average Bonchev–Trinajstić information content (AvgIpc) is 3.14. The molecule has 1 saturated heterocycles. The fourth-order valence-corrected chi connectivity index (χ4v) is 4.76. The zero-order chi connectivity index (χ0) is 20.2. The van der Waals surface area contributed by atoms with Crippen molar-refractivity contribution in [3.05, 3.63) is 66.1 Å². The van der Waals surface area contributed by atoms with Crippen LogP contribution in [0.1, 0.15) is 24.1 Å². The number of hydrogen-bond donors (Lipinski definition) is 2. The molecule has 0 bridgehead atoms. The van der Waals surface area contributed by atoms with Crippen LogP contribution < -0.4 is 5.73 Å². The fraction of sp³-hybridized carbons (Fsp3) is 0.304. The van der Waals surface area contributed by atoms with Gasteiger partial charge in [-0.3, -0.25) is 0 Å². The van der Waals surface area contributed by atoms with E-state index < -0.39 is 0 Å². The molecule has 1 aromatic carbocycles. The molecule has 2 aromatic heterocycles. The Labute approximate surface area is 176 Å². The van der Waals surface area contributed by atoms with E-state index in [2.05, 4.69) is 63.4 Å². The molecule has 0 unspecified atom stereocenters. The highest BCUT2D eigenvalue weighted by Crippen LogP contribution is 2.30. The van der Waals surface area contributed by atoms with Gasteiger partial charge in [-0.25, -0.2) is 9.29 Å². The summed E-state index contributed by atoms with van der Waals surface area (Å²) in [7, 11) is 0. The minimum Gasteiger partial charge on any atom is -0.404 e. The zero-order valence-electron chi connectivity index (χ0n) is 16.7. The fourth-order valence-electron chi connectivity index (χ4n) is 3.81. The van der Waals surface area contributed by atoms with Gasteiger partial charge in [0.2, 0.25) is 0 Å². The van der Waals surface area contributed by atoms with E-state index in [1.807, 2.05) is 18.0 Å². The third-order valence-electron chi connectivity index (χ3n) is 5.54. The Morgan fingerprint density at radius 1 is 1.17 bits per heavy atom. The lowest BCUT2D eigenvalue weighted by atomic mass is 9.98. The smallest absolute Gasteiger partial charge is 0.0888 e. The van der Waals surface area contributed by atoms with Crippen molar-refractivity contribution in [1.82, 2.24) is 13.9 Å². The Hall–Kier alpha value is -2.57. The summed E-state index contributed by atoms with van der Waals surface area (Å²) in [6.45, 7) is 5.39. The van der Waals surface area contributed by atoms with Gasteiger partial charge in [0, 0.05) is 48.7 Å². The molecule has 0 spiro atoms. The molecule has 4 rings (SSSR count). The molecule has 1 aliphatic heterocycles. The van der Waals surface area contributed by atoms with Crippen LogP contribution in [0.25, 0.3) is 16.6 Å². The molecular weight excluding hydrogens is 378 g/mol. The maximum Gasteiger partial charge on any atom is 0.0888 e. The van der Waals surface area contributed by atoms with Gasteiger partial charge in [-0.05, 0) is 68.0 Å². The van der Waals surface area contributed by atoms with E-state index in [4.69, 9.17) is 11.1 Å². The molecule has 3 N–H and O–H groups in total. The number of nitrogens with two attached hydrogens (primary N) is 1. The molecule has 0 saturated carbocycles. The summed E-state index contributed by atoms with van der Waals surface area (Å²) in [6.07, 6.45) is 7.22. The van der Waals surface area contributed by atoms with Crippen molar-refractivity contribution >= 4 is 34.8 Å². The second kappa shape index (κ2) is 8.84. The van der Waals surface area contributed by atoms with Gasteiger partial charge < -0.3 is 15.7 Å². The van der Waals surface area contributed by atoms with Gasteiger partial charge in [0.1, 0.15) is 0 Å². The summed E-state index contributed by atoms with van der Waals surface area (Å²) in [5, 5.41) is 7.45. The first-order valence-corrected chi connectivity index (χ1v) is 10.8. The average molecular weight is 406 g/mol. The number of hydrogen-bond acceptors (Lipinski definition) is 5. The summed E-state index contributed by atoms with van der Waals surface area (Å²) in [6, 6.07) is 14.9. The minimum atomic E-state index is 0.637. The maximum atomic E-state index is 7.45. The van der Waals surface area contributed by atoms with Crippen LogP contribution in [0.5, 0.6) is 0 Å². The summed E-state index contributed by atoms with van der Waals surface area (Å²) >= 11 is 1.88. The van der Waals surface area contributed by atoms with Crippen LogP contribution in [0.15, 0.2) is 59.8 Å². The van der Waals surface area contributed by atoms with E-state index in [0.717, 1.165) is 36.4 Å². The second-order valence-corrected chi connectivity index (χ2v) is 8.78. The van der Waals surface area contributed by atoms with Crippen LogP contribution in [-0.2, 0) is 6.54 Å². The van der Waals surface area contributed by atoms with E-state index in [1.54, 1.807) is 0 Å². The Balaban J connectivity index is 1.37. The number of benzene rings is 1. The van der Waals surface area contributed by atoms with Crippen molar-refractivity contribution in [3.63, 3.8) is 0 Å².